The highest BCUT2D eigenvalue weighted by Gasteiger charge is 2.35. The molecule has 0 aliphatic carbocycles. The maximum absolute atomic E-state index is 12.8. The number of alkyl halides is 3. The molecule has 1 heterocycles. The van der Waals surface area contributed by atoms with Crippen LogP contribution in [0.1, 0.15) is 5.82 Å². The van der Waals surface area contributed by atoms with Crippen LogP contribution in [0.5, 0.6) is 0 Å². The van der Waals surface area contributed by atoms with E-state index in [-0.39, 0.29) is 11.5 Å². The van der Waals surface area contributed by atoms with Gasteiger partial charge in [-0.2, -0.15) is 13.2 Å². The van der Waals surface area contributed by atoms with Crippen LogP contribution in [-0.4, -0.2) is 17.0 Å². The van der Waals surface area contributed by atoms with Gasteiger partial charge in [0.2, 0.25) is 5.82 Å². The number of aromatic nitrogens is 2. The third-order valence-corrected chi connectivity index (χ3v) is 2.83. The highest BCUT2D eigenvalue weighted by molar-refractivity contribution is 6.35. The molecule has 0 aliphatic rings. The third-order valence-electron chi connectivity index (χ3n) is 2.39. The molecule has 0 atom stereocenters. The van der Waals surface area contributed by atoms with Crippen molar-refractivity contribution in [2.24, 2.45) is 0 Å². The number of hydrogen-bond donors (Lipinski definition) is 1. The van der Waals surface area contributed by atoms with Crippen LogP contribution in [-0.2, 0) is 6.18 Å². The zero-order valence-electron chi connectivity index (χ0n) is 10.1. The van der Waals surface area contributed by atoms with Crippen LogP contribution >= 0.6 is 23.2 Å². The third kappa shape index (κ3) is 3.32. The van der Waals surface area contributed by atoms with Crippen molar-refractivity contribution in [2.75, 3.05) is 12.4 Å². The second kappa shape index (κ2) is 5.46. The summed E-state index contributed by atoms with van der Waals surface area (Å²) in [5.41, 5.74) is 0.466. The first-order valence-electron chi connectivity index (χ1n) is 5.40. The van der Waals surface area contributed by atoms with Gasteiger partial charge in [-0.1, -0.05) is 23.2 Å². The van der Waals surface area contributed by atoms with E-state index < -0.39 is 12.0 Å². The monoisotopic (exact) mass is 321 g/mol. The van der Waals surface area contributed by atoms with Crippen molar-refractivity contribution in [1.82, 2.24) is 9.97 Å². The Morgan fingerprint density at radius 1 is 1.00 bits per heavy atom. The number of halogens is 5. The van der Waals surface area contributed by atoms with Gasteiger partial charge in [0.05, 0.1) is 5.69 Å². The van der Waals surface area contributed by atoms with Crippen molar-refractivity contribution >= 4 is 29.0 Å². The minimum Gasteiger partial charge on any atom is -0.373 e. The first-order chi connectivity index (χ1) is 9.29. The van der Waals surface area contributed by atoms with Crippen molar-refractivity contribution in [2.45, 2.75) is 6.18 Å². The van der Waals surface area contributed by atoms with Gasteiger partial charge in [0, 0.05) is 28.7 Å². The molecule has 1 aromatic carbocycles. The van der Waals surface area contributed by atoms with Gasteiger partial charge >= 0.3 is 6.18 Å². The molecule has 8 heteroatoms. The van der Waals surface area contributed by atoms with Gasteiger partial charge in [0.25, 0.3) is 0 Å². The highest BCUT2D eigenvalue weighted by Crippen LogP contribution is 2.31. The highest BCUT2D eigenvalue weighted by atomic mass is 35.5. The van der Waals surface area contributed by atoms with Crippen molar-refractivity contribution in [3.8, 4) is 11.3 Å². The maximum atomic E-state index is 12.8. The topological polar surface area (TPSA) is 37.8 Å². The standard InChI is InChI=1S/C12H8Cl2F3N3/c1-18-10-5-9(19-11(20-10)12(15,16)17)6-2-7(13)4-8(14)3-6/h2-5H,1H3,(H,18,19,20). The van der Waals surface area contributed by atoms with Crippen LogP contribution in [0.3, 0.4) is 0 Å². The molecule has 0 unspecified atom stereocenters. The van der Waals surface area contributed by atoms with Crippen LogP contribution in [0.25, 0.3) is 11.3 Å². The minimum atomic E-state index is -4.63. The molecule has 0 bridgehead atoms. The number of hydrogen-bond acceptors (Lipinski definition) is 3. The Bertz CT molecular complexity index is 624. The molecule has 0 saturated carbocycles. The summed E-state index contributed by atoms with van der Waals surface area (Å²) in [6.45, 7) is 0. The SMILES string of the molecule is CNc1cc(-c2cc(Cl)cc(Cl)c2)nc(C(F)(F)F)n1. The predicted octanol–water partition coefficient (Wildman–Crippen LogP) is 4.51. The molecule has 0 radical (unpaired) electrons. The fourth-order valence-corrected chi connectivity index (χ4v) is 2.08. The molecule has 2 aromatic rings. The Morgan fingerprint density at radius 2 is 1.60 bits per heavy atom. The van der Waals surface area contributed by atoms with E-state index in [1.165, 1.54) is 31.3 Å². The lowest BCUT2D eigenvalue weighted by atomic mass is 10.1. The van der Waals surface area contributed by atoms with E-state index >= 15 is 0 Å². The van der Waals surface area contributed by atoms with Crippen LogP contribution < -0.4 is 5.32 Å². The van der Waals surface area contributed by atoms with E-state index in [4.69, 9.17) is 23.2 Å². The molecule has 106 valence electrons. The van der Waals surface area contributed by atoms with Gasteiger partial charge < -0.3 is 5.32 Å². The van der Waals surface area contributed by atoms with Gasteiger partial charge in [0.1, 0.15) is 5.82 Å². The average molecular weight is 322 g/mol. The lowest BCUT2D eigenvalue weighted by Crippen LogP contribution is -2.13. The predicted molar refractivity (Wildman–Crippen MR) is 72.0 cm³/mol. The number of nitrogens with zero attached hydrogens (tertiary/aromatic N) is 2. The zero-order chi connectivity index (χ0) is 14.9. The van der Waals surface area contributed by atoms with Gasteiger partial charge in [0.15, 0.2) is 0 Å². The Balaban J connectivity index is 2.61. The van der Waals surface area contributed by atoms with Crippen molar-refractivity contribution in [3.05, 3.63) is 40.1 Å². The molecular formula is C12H8Cl2F3N3. The van der Waals surface area contributed by atoms with E-state index in [1.807, 2.05) is 0 Å². The molecule has 3 nitrogen and oxygen atoms in total. The largest absolute Gasteiger partial charge is 0.451 e. The smallest absolute Gasteiger partial charge is 0.373 e. The van der Waals surface area contributed by atoms with Crippen molar-refractivity contribution in [3.63, 3.8) is 0 Å². The van der Waals surface area contributed by atoms with Crippen LogP contribution in [0.15, 0.2) is 24.3 Å². The first-order valence-corrected chi connectivity index (χ1v) is 6.15. The molecule has 2 rings (SSSR count). The van der Waals surface area contributed by atoms with Gasteiger partial charge in [-0.3, -0.25) is 0 Å². The average Bonchev–Trinajstić information content (AvgIpc) is 2.36. The zero-order valence-corrected chi connectivity index (χ0v) is 11.6. The molecule has 1 N–H and O–H groups in total. The van der Waals surface area contributed by atoms with Gasteiger partial charge in [-0.15, -0.1) is 0 Å². The molecule has 0 spiro atoms. The molecule has 0 aliphatic heterocycles. The lowest BCUT2D eigenvalue weighted by molar-refractivity contribution is -0.144. The Kier molecular flexibility index (Phi) is 4.06. The summed E-state index contributed by atoms with van der Waals surface area (Å²) in [4.78, 5) is 6.89. The second-order valence-corrected chi connectivity index (χ2v) is 4.74. The summed E-state index contributed by atoms with van der Waals surface area (Å²) in [5.74, 6) is -1.17. The van der Waals surface area contributed by atoms with Gasteiger partial charge in [-0.05, 0) is 18.2 Å². The van der Waals surface area contributed by atoms with Crippen LogP contribution in [0, 0.1) is 0 Å². The van der Waals surface area contributed by atoms with Gasteiger partial charge in [-0.25, -0.2) is 9.97 Å². The van der Waals surface area contributed by atoms with Crippen LogP contribution in [0.4, 0.5) is 19.0 Å². The summed E-state index contributed by atoms with van der Waals surface area (Å²) >= 11 is 11.7. The molecule has 20 heavy (non-hydrogen) atoms. The molecule has 0 saturated heterocycles. The maximum Gasteiger partial charge on any atom is 0.451 e. The summed E-state index contributed by atoms with van der Waals surface area (Å²) in [6.07, 6.45) is -4.63. The molecule has 0 fully saturated rings. The Labute approximate surface area is 122 Å². The number of nitrogens with one attached hydrogen (secondary N) is 1. The van der Waals surface area contributed by atoms with Crippen molar-refractivity contribution in [1.29, 1.82) is 0 Å². The normalized spacial score (nSPS) is 11.5. The van der Waals surface area contributed by atoms with Crippen LogP contribution in [0.2, 0.25) is 10.0 Å². The number of benzene rings is 1. The summed E-state index contributed by atoms with van der Waals surface area (Å²) in [7, 11) is 1.47. The van der Waals surface area contributed by atoms with E-state index in [1.54, 1.807) is 0 Å². The first kappa shape index (κ1) is 14.9. The fraction of sp³-hybridized carbons (Fsp3) is 0.167. The Hall–Kier alpha value is -1.53. The molecular weight excluding hydrogens is 314 g/mol. The van der Waals surface area contributed by atoms with E-state index in [0.29, 0.717) is 15.6 Å². The Morgan fingerprint density at radius 3 is 2.10 bits per heavy atom. The summed E-state index contributed by atoms with van der Waals surface area (Å²) < 4.78 is 38.3. The van der Waals surface area contributed by atoms with E-state index in [2.05, 4.69) is 15.3 Å². The lowest BCUT2D eigenvalue weighted by Gasteiger charge is -2.10. The van der Waals surface area contributed by atoms with Crippen molar-refractivity contribution < 1.29 is 13.2 Å². The number of rotatable bonds is 2. The molecule has 0 amide bonds. The fourth-order valence-electron chi connectivity index (χ4n) is 1.55. The molecule has 1 aromatic heterocycles. The second-order valence-electron chi connectivity index (χ2n) is 3.87. The van der Waals surface area contributed by atoms with E-state index in [0.717, 1.165) is 0 Å². The summed E-state index contributed by atoms with van der Waals surface area (Å²) in [5, 5.41) is 3.18. The minimum absolute atomic E-state index is 0.0541. The quantitative estimate of drug-likeness (QED) is 0.884. The number of anilines is 1. The van der Waals surface area contributed by atoms with E-state index in [9.17, 15) is 13.2 Å². The summed E-state index contributed by atoms with van der Waals surface area (Å²) in [6, 6.07) is 5.83.